The minimum absolute atomic E-state index is 0.0170. The molecule has 2 aliphatic heterocycles. The van der Waals surface area contributed by atoms with Gasteiger partial charge in [-0.05, 0) is 24.8 Å². The van der Waals surface area contributed by atoms with Crippen LogP contribution in [0.15, 0.2) is 24.3 Å². The minimum Gasteiger partial charge on any atom is -0.377 e. The molecular weight excluding hydrogens is 313 g/mol. The van der Waals surface area contributed by atoms with E-state index in [1.807, 2.05) is 6.07 Å². The fraction of sp³-hybridized carbons (Fsp3) is 0.611. The Kier molecular flexibility index (Phi) is 5.48. The second-order valence-corrected chi connectivity index (χ2v) is 6.68. The largest absolute Gasteiger partial charge is 0.377 e. The summed E-state index contributed by atoms with van der Waals surface area (Å²) in [6, 6.07) is 6.67. The van der Waals surface area contributed by atoms with Crippen LogP contribution in [0.4, 0.5) is 4.39 Å². The Hall–Kier alpha value is -1.50. The zero-order chi connectivity index (χ0) is 17.0. The summed E-state index contributed by atoms with van der Waals surface area (Å²) in [4.78, 5) is 13.5. The smallest absolute Gasteiger partial charge is 0.248 e. The summed E-state index contributed by atoms with van der Waals surface area (Å²) in [5.74, 6) is 0.227. The highest BCUT2D eigenvalue weighted by Gasteiger charge is 2.50. The van der Waals surface area contributed by atoms with Crippen LogP contribution in [0, 0.1) is 11.7 Å². The van der Waals surface area contributed by atoms with Crippen molar-refractivity contribution in [2.24, 2.45) is 5.92 Å². The standard InChI is InChI=1S/C18H24FNO4/c1-22-11-17(21)20-12-18(13-20)8-14(9-24-18)6-7-23-10-15-4-2-3-5-16(15)19/h2-5,14H,6-13H2,1H3. The quantitative estimate of drug-likeness (QED) is 0.714. The summed E-state index contributed by atoms with van der Waals surface area (Å²) < 4.78 is 29.9. The van der Waals surface area contributed by atoms with Gasteiger partial charge in [0.25, 0.3) is 0 Å². The Morgan fingerprint density at radius 2 is 2.21 bits per heavy atom. The van der Waals surface area contributed by atoms with Crippen molar-refractivity contribution < 1.29 is 23.4 Å². The van der Waals surface area contributed by atoms with Crippen LogP contribution in [-0.4, -0.2) is 56.4 Å². The van der Waals surface area contributed by atoms with E-state index in [9.17, 15) is 9.18 Å². The number of carbonyl (C=O) groups excluding carboxylic acids is 1. The molecule has 5 nitrogen and oxygen atoms in total. The van der Waals surface area contributed by atoms with Gasteiger partial charge in [-0.15, -0.1) is 0 Å². The predicted molar refractivity (Wildman–Crippen MR) is 85.9 cm³/mol. The van der Waals surface area contributed by atoms with Crippen LogP contribution in [-0.2, 0) is 25.6 Å². The minimum atomic E-state index is -0.226. The molecule has 1 aromatic carbocycles. The van der Waals surface area contributed by atoms with Gasteiger partial charge < -0.3 is 19.1 Å². The third-order valence-electron chi connectivity index (χ3n) is 4.75. The number of rotatable bonds is 7. The number of nitrogens with zero attached hydrogens (tertiary/aromatic N) is 1. The highest BCUT2D eigenvalue weighted by molar-refractivity contribution is 5.78. The van der Waals surface area contributed by atoms with E-state index in [0.29, 0.717) is 44.4 Å². The lowest BCUT2D eigenvalue weighted by molar-refractivity contribution is -0.161. The molecule has 2 aliphatic rings. The molecule has 0 radical (unpaired) electrons. The van der Waals surface area contributed by atoms with Crippen LogP contribution in [0.2, 0.25) is 0 Å². The topological polar surface area (TPSA) is 48.0 Å². The zero-order valence-corrected chi connectivity index (χ0v) is 14.0. The molecular formula is C18H24FNO4. The number of amides is 1. The van der Waals surface area contributed by atoms with Crippen LogP contribution in [0.25, 0.3) is 0 Å². The first-order valence-corrected chi connectivity index (χ1v) is 8.34. The van der Waals surface area contributed by atoms with Crippen molar-refractivity contribution in [1.82, 2.24) is 4.90 Å². The molecule has 2 saturated heterocycles. The molecule has 0 aromatic heterocycles. The van der Waals surface area contributed by atoms with E-state index in [1.165, 1.54) is 13.2 Å². The van der Waals surface area contributed by atoms with E-state index in [4.69, 9.17) is 14.2 Å². The van der Waals surface area contributed by atoms with E-state index in [-0.39, 0.29) is 23.9 Å². The summed E-state index contributed by atoms with van der Waals surface area (Å²) >= 11 is 0. The second-order valence-electron chi connectivity index (χ2n) is 6.68. The number of methoxy groups -OCH3 is 1. The molecule has 2 heterocycles. The van der Waals surface area contributed by atoms with Crippen LogP contribution in [0.1, 0.15) is 18.4 Å². The predicted octanol–water partition coefficient (Wildman–Crippen LogP) is 2.00. The highest BCUT2D eigenvalue weighted by atomic mass is 19.1. The highest BCUT2D eigenvalue weighted by Crippen LogP contribution is 2.39. The number of hydrogen-bond donors (Lipinski definition) is 0. The van der Waals surface area contributed by atoms with E-state index in [2.05, 4.69) is 0 Å². The van der Waals surface area contributed by atoms with Gasteiger partial charge in [0.2, 0.25) is 5.91 Å². The van der Waals surface area contributed by atoms with Gasteiger partial charge in [0.1, 0.15) is 18.0 Å². The summed E-state index contributed by atoms with van der Waals surface area (Å²) in [7, 11) is 1.52. The molecule has 2 fully saturated rings. The number of halogens is 1. The van der Waals surface area contributed by atoms with Crippen molar-refractivity contribution in [3.05, 3.63) is 35.6 Å². The summed E-state index contributed by atoms with van der Waals surface area (Å²) in [5.41, 5.74) is 0.419. The first-order valence-electron chi connectivity index (χ1n) is 8.34. The van der Waals surface area contributed by atoms with Gasteiger partial charge in [-0.2, -0.15) is 0 Å². The van der Waals surface area contributed by atoms with Crippen molar-refractivity contribution >= 4 is 5.91 Å². The van der Waals surface area contributed by atoms with Crippen LogP contribution >= 0.6 is 0 Å². The Labute approximate surface area is 141 Å². The van der Waals surface area contributed by atoms with Gasteiger partial charge in [-0.25, -0.2) is 4.39 Å². The molecule has 1 aromatic rings. The lowest BCUT2D eigenvalue weighted by Crippen LogP contribution is -2.63. The summed E-state index contributed by atoms with van der Waals surface area (Å²) in [6.45, 7) is 3.03. The third kappa shape index (κ3) is 3.94. The van der Waals surface area contributed by atoms with Gasteiger partial charge >= 0.3 is 0 Å². The lowest BCUT2D eigenvalue weighted by atomic mass is 9.86. The molecule has 0 N–H and O–H groups in total. The normalized spacial score (nSPS) is 21.9. The molecule has 24 heavy (non-hydrogen) atoms. The summed E-state index contributed by atoms with van der Waals surface area (Å²) in [6.07, 6.45) is 1.84. The molecule has 0 aliphatic carbocycles. The molecule has 3 rings (SSSR count). The second kappa shape index (κ2) is 7.59. The number of ether oxygens (including phenoxy) is 3. The van der Waals surface area contributed by atoms with E-state index in [0.717, 1.165) is 12.8 Å². The van der Waals surface area contributed by atoms with E-state index >= 15 is 0 Å². The third-order valence-corrected chi connectivity index (χ3v) is 4.75. The fourth-order valence-corrected chi connectivity index (χ4v) is 3.43. The Morgan fingerprint density at radius 3 is 2.96 bits per heavy atom. The summed E-state index contributed by atoms with van der Waals surface area (Å²) in [5, 5.41) is 0. The van der Waals surface area contributed by atoms with Gasteiger partial charge in [-0.1, -0.05) is 18.2 Å². The number of hydrogen-bond acceptors (Lipinski definition) is 4. The molecule has 1 atom stereocenters. The molecule has 1 amide bonds. The van der Waals surface area contributed by atoms with Crippen LogP contribution < -0.4 is 0 Å². The fourth-order valence-electron chi connectivity index (χ4n) is 3.43. The lowest BCUT2D eigenvalue weighted by Gasteiger charge is -2.47. The van der Waals surface area contributed by atoms with Crippen molar-refractivity contribution in [3.8, 4) is 0 Å². The maximum Gasteiger partial charge on any atom is 0.248 e. The van der Waals surface area contributed by atoms with Gasteiger partial charge in [0, 0.05) is 19.3 Å². The van der Waals surface area contributed by atoms with E-state index in [1.54, 1.807) is 17.0 Å². The molecule has 132 valence electrons. The first-order chi connectivity index (χ1) is 11.6. The van der Waals surface area contributed by atoms with Gasteiger partial charge in [0.15, 0.2) is 0 Å². The Bertz CT molecular complexity index is 574. The molecule has 1 spiro atoms. The van der Waals surface area contributed by atoms with Crippen LogP contribution in [0.5, 0.6) is 0 Å². The molecule has 0 bridgehead atoms. The monoisotopic (exact) mass is 337 g/mol. The van der Waals surface area contributed by atoms with Crippen molar-refractivity contribution in [1.29, 1.82) is 0 Å². The average molecular weight is 337 g/mol. The Balaban J connectivity index is 1.34. The van der Waals surface area contributed by atoms with Gasteiger partial charge in [0.05, 0.1) is 26.3 Å². The number of likely N-dealkylation sites (tertiary alicyclic amines) is 1. The Morgan fingerprint density at radius 1 is 1.42 bits per heavy atom. The first kappa shape index (κ1) is 17.3. The van der Waals surface area contributed by atoms with E-state index < -0.39 is 0 Å². The number of carbonyl (C=O) groups is 1. The van der Waals surface area contributed by atoms with Crippen LogP contribution in [0.3, 0.4) is 0 Å². The SMILES string of the molecule is COCC(=O)N1CC2(CC(CCOCc3ccccc3F)CO2)C1. The molecule has 0 saturated carbocycles. The maximum absolute atomic E-state index is 13.5. The maximum atomic E-state index is 13.5. The van der Waals surface area contributed by atoms with Gasteiger partial charge in [-0.3, -0.25) is 4.79 Å². The average Bonchev–Trinajstić information content (AvgIpc) is 2.96. The van der Waals surface area contributed by atoms with Crippen molar-refractivity contribution in [3.63, 3.8) is 0 Å². The van der Waals surface area contributed by atoms with Crippen molar-refractivity contribution in [2.45, 2.75) is 25.0 Å². The zero-order valence-electron chi connectivity index (χ0n) is 14.0. The molecule has 6 heteroatoms. The van der Waals surface area contributed by atoms with Crippen molar-refractivity contribution in [2.75, 3.05) is 40.0 Å². The number of benzene rings is 1. The molecule has 1 unspecified atom stereocenters.